The smallest absolute Gasteiger partial charge is 0.182 e. The normalized spacial score (nSPS) is 13.0. The number of Topliss-reactive ketones (excluding diaryl/α,β-unsaturated/α-hetero) is 1. The second kappa shape index (κ2) is 13.1. The fourth-order valence-corrected chi connectivity index (χ4v) is 6.80. The number of carbonyl (C=O) groups excluding carboxylic acids is 1. The number of hydrogen-bond donors (Lipinski definition) is 2. The highest BCUT2D eigenvalue weighted by Gasteiger charge is 2.49. The van der Waals surface area contributed by atoms with Crippen LogP contribution in [0, 0.1) is 0 Å². The highest BCUT2D eigenvalue weighted by molar-refractivity contribution is 6.17. The molecule has 7 rings (SSSR count). The van der Waals surface area contributed by atoms with E-state index in [-0.39, 0.29) is 32.2 Å². The molecular formula is C42H34O5. The Morgan fingerprint density at radius 2 is 0.915 bits per heavy atom. The number of carbonyl (C=O) groups is 1. The molecule has 6 aromatic carbocycles. The van der Waals surface area contributed by atoms with Crippen LogP contribution < -0.4 is 9.47 Å². The molecule has 0 aliphatic heterocycles. The standard InChI is InChI=1S/C42H34O5/c43-23-25-46-39-21-19-31(27-36(39)29-11-3-1-4-12-29)42(38-18-10-9-16-34(38)33-15-7-8-17-35(33)41(42)45)32-20-22-40(47-26-24-44)37(28-32)30-13-5-2-6-14-30/h1-22,27-28,43-44H,23-26H2. The summed E-state index contributed by atoms with van der Waals surface area (Å²) in [5, 5.41) is 19.2. The fraction of sp³-hybridized carbons (Fsp3) is 0.119. The summed E-state index contributed by atoms with van der Waals surface area (Å²) in [6, 6.07) is 47.7. The van der Waals surface area contributed by atoms with E-state index in [1.54, 1.807) is 0 Å². The van der Waals surface area contributed by atoms with E-state index in [0.717, 1.165) is 50.1 Å². The maximum atomic E-state index is 15.4. The topological polar surface area (TPSA) is 76.0 Å². The van der Waals surface area contributed by atoms with Gasteiger partial charge in [0, 0.05) is 16.7 Å². The number of benzene rings is 6. The number of hydrogen-bond acceptors (Lipinski definition) is 5. The molecule has 5 nitrogen and oxygen atoms in total. The van der Waals surface area contributed by atoms with E-state index >= 15 is 4.79 Å². The zero-order chi connectivity index (χ0) is 32.2. The molecule has 0 amide bonds. The van der Waals surface area contributed by atoms with Gasteiger partial charge in [-0.15, -0.1) is 0 Å². The molecule has 1 aliphatic rings. The molecule has 0 aromatic heterocycles. The first-order chi connectivity index (χ1) is 23.2. The van der Waals surface area contributed by atoms with Crippen molar-refractivity contribution in [3.63, 3.8) is 0 Å². The Morgan fingerprint density at radius 1 is 0.468 bits per heavy atom. The van der Waals surface area contributed by atoms with E-state index < -0.39 is 5.41 Å². The molecule has 0 saturated carbocycles. The molecule has 0 heterocycles. The number of aliphatic hydroxyl groups excluding tert-OH is 2. The molecule has 232 valence electrons. The van der Waals surface area contributed by atoms with Crippen LogP contribution in [-0.4, -0.2) is 42.4 Å². The number of fused-ring (bicyclic) bond motifs is 3. The Morgan fingerprint density at radius 3 is 1.43 bits per heavy atom. The van der Waals surface area contributed by atoms with Gasteiger partial charge in [-0.25, -0.2) is 0 Å². The van der Waals surface area contributed by atoms with Gasteiger partial charge in [0.2, 0.25) is 0 Å². The first-order valence-electron chi connectivity index (χ1n) is 15.8. The Labute approximate surface area is 274 Å². The lowest BCUT2D eigenvalue weighted by atomic mass is 9.59. The van der Waals surface area contributed by atoms with E-state index in [2.05, 4.69) is 24.3 Å². The Hall–Kier alpha value is -5.49. The minimum atomic E-state index is -1.23. The van der Waals surface area contributed by atoms with Gasteiger partial charge in [-0.2, -0.15) is 0 Å². The molecule has 47 heavy (non-hydrogen) atoms. The van der Waals surface area contributed by atoms with Gasteiger partial charge >= 0.3 is 0 Å². The van der Waals surface area contributed by atoms with Gasteiger partial charge in [0.25, 0.3) is 0 Å². The summed E-state index contributed by atoms with van der Waals surface area (Å²) in [6.45, 7) is 0.0649. The van der Waals surface area contributed by atoms with E-state index in [4.69, 9.17) is 9.47 Å². The maximum Gasteiger partial charge on any atom is 0.182 e. The van der Waals surface area contributed by atoms with Crippen molar-refractivity contribution in [1.29, 1.82) is 0 Å². The summed E-state index contributed by atoms with van der Waals surface area (Å²) in [7, 11) is 0. The zero-order valence-electron chi connectivity index (χ0n) is 25.8. The molecule has 0 saturated heterocycles. The molecule has 6 aromatic rings. The van der Waals surface area contributed by atoms with Crippen molar-refractivity contribution in [2.24, 2.45) is 0 Å². The Bertz CT molecular complexity index is 1940. The lowest BCUT2D eigenvalue weighted by molar-refractivity contribution is 0.0933. The minimum Gasteiger partial charge on any atom is -0.491 e. The molecule has 0 unspecified atom stereocenters. The molecule has 0 spiro atoms. The molecule has 5 heteroatoms. The van der Waals surface area contributed by atoms with Gasteiger partial charge < -0.3 is 19.7 Å². The average Bonchev–Trinajstić information content (AvgIpc) is 3.14. The fourth-order valence-electron chi connectivity index (χ4n) is 6.80. The van der Waals surface area contributed by atoms with Gasteiger partial charge in [-0.05, 0) is 63.2 Å². The van der Waals surface area contributed by atoms with Crippen LogP contribution in [0.4, 0.5) is 0 Å². The SMILES string of the molecule is O=C1c2ccccc2-c2ccccc2C1(c1ccc(OCCO)c(-c2ccccc2)c1)c1ccc(OCCO)c(-c2ccccc2)c1. The molecule has 1 aliphatic carbocycles. The van der Waals surface area contributed by atoms with Gasteiger partial charge in [0.1, 0.15) is 30.1 Å². The summed E-state index contributed by atoms with van der Waals surface area (Å²) in [5.74, 6) is 1.22. The highest BCUT2D eigenvalue weighted by atomic mass is 16.5. The van der Waals surface area contributed by atoms with E-state index in [9.17, 15) is 10.2 Å². The number of ketones is 1. The largest absolute Gasteiger partial charge is 0.491 e. The predicted molar refractivity (Wildman–Crippen MR) is 185 cm³/mol. The lowest BCUT2D eigenvalue weighted by Gasteiger charge is -2.40. The van der Waals surface area contributed by atoms with Crippen molar-refractivity contribution >= 4 is 5.78 Å². The molecule has 2 N–H and O–H groups in total. The number of rotatable bonds is 10. The number of aliphatic hydroxyl groups is 2. The van der Waals surface area contributed by atoms with Gasteiger partial charge in [-0.1, -0.05) is 121 Å². The van der Waals surface area contributed by atoms with Crippen LogP contribution in [0.15, 0.2) is 146 Å². The summed E-state index contributed by atoms with van der Waals surface area (Å²) in [5.41, 5.74) is 7.31. The van der Waals surface area contributed by atoms with Crippen molar-refractivity contribution in [1.82, 2.24) is 0 Å². The maximum absolute atomic E-state index is 15.4. The van der Waals surface area contributed by atoms with Crippen LogP contribution in [0.2, 0.25) is 0 Å². The van der Waals surface area contributed by atoms with Crippen molar-refractivity contribution in [3.05, 3.63) is 168 Å². The third kappa shape index (κ3) is 5.30. The molecule has 0 radical (unpaired) electrons. The molecule has 0 bridgehead atoms. The van der Waals surface area contributed by atoms with Gasteiger partial charge in [0.05, 0.1) is 13.2 Å². The summed E-state index contributed by atoms with van der Waals surface area (Å²) in [4.78, 5) is 15.4. The van der Waals surface area contributed by atoms with Crippen LogP contribution in [0.5, 0.6) is 11.5 Å². The quantitative estimate of drug-likeness (QED) is 0.163. The van der Waals surface area contributed by atoms with Crippen molar-refractivity contribution in [2.45, 2.75) is 5.41 Å². The third-order valence-electron chi connectivity index (χ3n) is 8.83. The van der Waals surface area contributed by atoms with Gasteiger partial charge in [0.15, 0.2) is 5.78 Å². The lowest BCUT2D eigenvalue weighted by Crippen LogP contribution is -2.41. The van der Waals surface area contributed by atoms with Gasteiger partial charge in [-0.3, -0.25) is 4.79 Å². The Balaban J connectivity index is 1.56. The van der Waals surface area contributed by atoms with Crippen molar-refractivity contribution < 1.29 is 24.5 Å². The first-order valence-corrected chi connectivity index (χ1v) is 15.8. The first kappa shape index (κ1) is 30.2. The summed E-state index contributed by atoms with van der Waals surface area (Å²) >= 11 is 0. The molecule has 0 atom stereocenters. The second-order valence-corrected chi connectivity index (χ2v) is 11.5. The van der Waals surface area contributed by atoms with Crippen LogP contribution in [0.3, 0.4) is 0 Å². The van der Waals surface area contributed by atoms with E-state index in [0.29, 0.717) is 17.1 Å². The van der Waals surface area contributed by atoms with Crippen LogP contribution in [0.25, 0.3) is 33.4 Å². The van der Waals surface area contributed by atoms with Crippen LogP contribution in [-0.2, 0) is 5.41 Å². The number of ether oxygens (including phenoxy) is 2. The monoisotopic (exact) mass is 618 g/mol. The highest BCUT2D eigenvalue weighted by Crippen LogP contribution is 2.52. The average molecular weight is 619 g/mol. The molecular weight excluding hydrogens is 584 g/mol. The predicted octanol–water partition coefficient (Wildman–Crippen LogP) is 7.96. The summed E-state index contributed by atoms with van der Waals surface area (Å²) < 4.78 is 12.1. The van der Waals surface area contributed by atoms with E-state index in [1.165, 1.54) is 0 Å². The second-order valence-electron chi connectivity index (χ2n) is 11.5. The van der Waals surface area contributed by atoms with E-state index in [1.807, 2.05) is 121 Å². The van der Waals surface area contributed by atoms with Crippen LogP contribution >= 0.6 is 0 Å². The van der Waals surface area contributed by atoms with Crippen molar-refractivity contribution in [2.75, 3.05) is 26.4 Å². The van der Waals surface area contributed by atoms with Crippen LogP contribution in [0.1, 0.15) is 27.0 Å². The molecule has 0 fully saturated rings. The van der Waals surface area contributed by atoms with Crippen molar-refractivity contribution in [3.8, 4) is 44.9 Å². The summed E-state index contributed by atoms with van der Waals surface area (Å²) in [6.07, 6.45) is 0. The Kier molecular flexibility index (Phi) is 8.40. The minimum absolute atomic E-state index is 0.0297. The third-order valence-corrected chi connectivity index (χ3v) is 8.83. The zero-order valence-corrected chi connectivity index (χ0v) is 25.8.